The van der Waals surface area contributed by atoms with Crippen molar-refractivity contribution in [1.82, 2.24) is 20.9 Å². The van der Waals surface area contributed by atoms with Gasteiger partial charge in [0.2, 0.25) is 0 Å². The maximum absolute atomic E-state index is 11.9. The third-order valence-corrected chi connectivity index (χ3v) is 5.30. The molecule has 1 aliphatic rings. The lowest BCUT2D eigenvalue weighted by molar-refractivity contribution is 0.0341. The molecule has 0 aliphatic carbocycles. The number of guanidine groups is 1. The second-order valence-electron chi connectivity index (χ2n) is 7.49. The van der Waals surface area contributed by atoms with Gasteiger partial charge >= 0.3 is 0 Å². The molecule has 7 heteroatoms. The highest BCUT2D eigenvalue weighted by atomic mass is 16.5. The van der Waals surface area contributed by atoms with Gasteiger partial charge in [-0.3, -0.25) is 14.7 Å². The normalized spacial score (nSPS) is 14.8. The predicted molar refractivity (Wildman–Crippen MR) is 124 cm³/mol. The minimum Gasteiger partial charge on any atom is -0.379 e. The Morgan fingerprint density at radius 2 is 1.65 bits per heavy atom. The van der Waals surface area contributed by atoms with E-state index in [9.17, 15) is 4.79 Å². The van der Waals surface area contributed by atoms with Crippen molar-refractivity contribution in [3.8, 4) is 0 Å². The molecule has 3 N–H and O–H groups in total. The average molecular weight is 424 g/mol. The van der Waals surface area contributed by atoms with Crippen LogP contribution < -0.4 is 16.0 Å². The number of hydrogen-bond acceptors (Lipinski definition) is 4. The van der Waals surface area contributed by atoms with Gasteiger partial charge in [0.05, 0.1) is 13.2 Å². The van der Waals surface area contributed by atoms with Crippen molar-refractivity contribution in [1.29, 1.82) is 0 Å². The molecule has 3 rings (SSSR count). The number of rotatable bonds is 8. The topological polar surface area (TPSA) is 78.0 Å². The van der Waals surface area contributed by atoms with E-state index in [1.165, 1.54) is 11.1 Å². The van der Waals surface area contributed by atoms with Crippen LogP contribution in [0.15, 0.2) is 53.5 Å². The first-order valence-electron chi connectivity index (χ1n) is 10.9. The molecule has 1 fully saturated rings. The van der Waals surface area contributed by atoms with Gasteiger partial charge in [-0.05, 0) is 35.7 Å². The Morgan fingerprint density at radius 3 is 2.32 bits per heavy atom. The van der Waals surface area contributed by atoms with Gasteiger partial charge in [-0.15, -0.1) is 0 Å². The zero-order valence-electron chi connectivity index (χ0n) is 18.5. The Hall–Kier alpha value is -2.90. The lowest BCUT2D eigenvalue weighted by Gasteiger charge is -2.27. The molecule has 166 valence electrons. The number of carbonyl (C=O) groups excluding carboxylic acids is 1. The fourth-order valence-corrected chi connectivity index (χ4v) is 3.51. The van der Waals surface area contributed by atoms with Crippen molar-refractivity contribution in [2.45, 2.75) is 26.6 Å². The van der Waals surface area contributed by atoms with Crippen molar-refractivity contribution in [3.05, 3.63) is 70.8 Å². The molecule has 0 saturated carbocycles. The second kappa shape index (κ2) is 12.1. The maximum atomic E-state index is 11.9. The lowest BCUT2D eigenvalue weighted by Crippen LogP contribution is -2.37. The standard InChI is InChI=1S/C24H33N5O2/c1-3-26-23(30)20-10-8-19(9-11-20)16-27-24(25-2)28-17-21-6-4-5-7-22(21)18-29-12-14-31-15-13-29/h4-11H,3,12-18H2,1-2H3,(H,26,30)(H2,25,27,28). The molecule has 2 aromatic rings. The summed E-state index contributed by atoms with van der Waals surface area (Å²) < 4.78 is 5.46. The van der Waals surface area contributed by atoms with Gasteiger partial charge in [0.25, 0.3) is 5.91 Å². The van der Waals surface area contributed by atoms with Crippen LogP contribution in [0.3, 0.4) is 0 Å². The monoisotopic (exact) mass is 423 g/mol. The first-order valence-corrected chi connectivity index (χ1v) is 10.9. The van der Waals surface area contributed by atoms with E-state index in [-0.39, 0.29) is 5.91 Å². The summed E-state index contributed by atoms with van der Waals surface area (Å²) in [7, 11) is 1.77. The summed E-state index contributed by atoms with van der Waals surface area (Å²) in [4.78, 5) is 18.6. The summed E-state index contributed by atoms with van der Waals surface area (Å²) in [5, 5.41) is 9.56. The van der Waals surface area contributed by atoms with Gasteiger partial charge < -0.3 is 20.7 Å². The summed E-state index contributed by atoms with van der Waals surface area (Å²) >= 11 is 0. The average Bonchev–Trinajstić information content (AvgIpc) is 2.81. The number of nitrogens with one attached hydrogen (secondary N) is 3. The van der Waals surface area contributed by atoms with Gasteiger partial charge in [-0.2, -0.15) is 0 Å². The zero-order valence-corrected chi connectivity index (χ0v) is 18.5. The van der Waals surface area contributed by atoms with E-state index >= 15 is 0 Å². The van der Waals surface area contributed by atoms with Crippen LogP contribution in [0.25, 0.3) is 0 Å². The first-order chi connectivity index (χ1) is 15.2. The number of nitrogens with zero attached hydrogens (tertiary/aromatic N) is 2. The molecular weight excluding hydrogens is 390 g/mol. The number of hydrogen-bond donors (Lipinski definition) is 3. The minimum absolute atomic E-state index is 0.0461. The Kier molecular flexibility index (Phi) is 8.87. The summed E-state index contributed by atoms with van der Waals surface area (Å²) in [6.45, 7) is 8.37. The summed E-state index contributed by atoms with van der Waals surface area (Å²) in [6, 6.07) is 16.1. The molecule has 0 bridgehead atoms. The van der Waals surface area contributed by atoms with E-state index in [2.05, 4.69) is 50.1 Å². The highest BCUT2D eigenvalue weighted by Gasteiger charge is 2.13. The lowest BCUT2D eigenvalue weighted by atomic mass is 10.1. The minimum atomic E-state index is -0.0461. The van der Waals surface area contributed by atoms with Gasteiger partial charge in [-0.25, -0.2) is 0 Å². The van der Waals surface area contributed by atoms with Crippen LogP contribution in [0, 0.1) is 0 Å². The quantitative estimate of drug-likeness (QED) is 0.448. The molecule has 0 aromatic heterocycles. The van der Waals surface area contributed by atoms with Crippen LogP contribution in [0.5, 0.6) is 0 Å². The number of morpholine rings is 1. The van der Waals surface area contributed by atoms with Gasteiger partial charge in [0.15, 0.2) is 5.96 Å². The molecule has 1 aliphatic heterocycles. The Bertz CT molecular complexity index is 861. The molecule has 31 heavy (non-hydrogen) atoms. The van der Waals surface area contributed by atoms with Crippen molar-refractivity contribution < 1.29 is 9.53 Å². The van der Waals surface area contributed by atoms with Gasteiger partial charge in [0.1, 0.15) is 0 Å². The Labute approximate surface area is 184 Å². The van der Waals surface area contributed by atoms with Crippen LogP contribution in [0.2, 0.25) is 0 Å². The summed E-state index contributed by atoms with van der Waals surface area (Å²) in [5.74, 6) is 0.698. The smallest absolute Gasteiger partial charge is 0.251 e. The molecule has 2 aromatic carbocycles. The molecule has 0 atom stereocenters. The SMILES string of the molecule is CCNC(=O)c1ccc(CNC(=NC)NCc2ccccc2CN2CCOCC2)cc1. The predicted octanol–water partition coefficient (Wildman–Crippen LogP) is 2.13. The molecule has 0 radical (unpaired) electrons. The highest BCUT2D eigenvalue weighted by molar-refractivity contribution is 5.94. The zero-order chi connectivity index (χ0) is 21.9. The molecule has 0 unspecified atom stereocenters. The summed E-state index contributed by atoms with van der Waals surface area (Å²) in [5.41, 5.74) is 4.35. The fraction of sp³-hybridized carbons (Fsp3) is 0.417. The molecule has 1 amide bonds. The molecule has 0 spiro atoms. The second-order valence-corrected chi connectivity index (χ2v) is 7.49. The first kappa shape index (κ1) is 22.8. The van der Waals surface area contributed by atoms with Gasteiger partial charge in [-0.1, -0.05) is 36.4 Å². The number of aliphatic imine (C=N–C) groups is 1. The van der Waals surface area contributed by atoms with E-state index < -0.39 is 0 Å². The van der Waals surface area contributed by atoms with Crippen LogP contribution in [-0.2, 0) is 24.4 Å². The molecular formula is C24H33N5O2. The van der Waals surface area contributed by atoms with Crippen LogP contribution in [0.4, 0.5) is 0 Å². The fourth-order valence-electron chi connectivity index (χ4n) is 3.51. The highest BCUT2D eigenvalue weighted by Crippen LogP contribution is 2.13. The molecule has 1 saturated heterocycles. The van der Waals surface area contributed by atoms with Crippen LogP contribution >= 0.6 is 0 Å². The van der Waals surface area contributed by atoms with E-state index in [4.69, 9.17) is 4.74 Å². The van der Waals surface area contributed by atoms with Crippen LogP contribution in [-0.4, -0.2) is 56.7 Å². The van der Waals surface area contributed by atoms with Crippen molar-refractivity contribution in [3.63, 3.8) is 0 Å². The van der Waals surface area contributed by atoms with Crippen molar-refractivity contribution in [2.24, 2.45) is 4.99 Å². The van der Waals surface area contributed by atoms with E-state index in [0.29, 0.717) is 25.2 Å². The van der Waals surface area contributed by atoms with Crippen molar-refractivity contribution >= 4 is 11.9 Å². The van der Waals surface area contributed by atoms with E-state index in [1.807, 2.05) is 31.2 Å². The number of ether oxygens (including phenoxy) is 1. The summed E-state index contributed by atoms with van der Waals surface area (Å²) in [6.07, 6.45) is 0. The number of benzene rings is 2. The molecule has 1 heterocycles. The van der Waals surface area contributed by atoms with Crippen molar-refractivity contribution in [2.75, 3.05) is 39.9 Å². The van der Waals surface area contributed by atoms with Gasteiger partial charge in [0, 0.05) is 51.9 Å². The van der Waals surface area contributed by atoms with E-state index in [1.54, 1.807) is 7.05 Å². The largest absolute Gasteiger partial charge is 0.379 e. The number of carbonyl (C=O) groups is 1. The van der Waals surface area contributed by atoms with Crippen LogP contribution in [0.1, 0.15) is 34.0 Å². The van der Waals surface area contributed by atoms with E-state index in [0.717, 1.165) is 44.4 Å². The molecule has 7 nitrogen and oxygen atoms in total. The maximum Gasteiger partial charge on any atom is 0.251 e. The Balaban J connectivity index is 1.51. The Morgan fingerprint density at radius 1 is 0.968 bits per heavy atom. The third-order valence-electron chi connectivity index (χ3n) is 5.30. The third kappa shape index (κ3) is 7.08. The number of amides is 1.